The topological polar surface area (TPSA) is 0 Å². The van der Waals surface area contributed by atoms with E-state index >= 15 is 0 Å². The van der Waals surface area contributed by atoms with E-state index in [0.29, 0.717) is 0 Å². The van der Waals surface area contributed by atoms with Gasteiger partial charge in [0.05, 0.1) is 4.90 Å². The Morgan fingerprint density at radius 3 is 1.15 bits per heavy atom. The van der Waals surface area contributed by atoms with Crippen LogP contribution in [0.3, 0.4) is 0 Å². The van der Waals surface area contributed by atoms with Gasteiger partial charge in [-0.2, -0.15) is 0 Å². The number of thiol groups is 1. The number of hydrogen-bond donors (Lipinski definition) is 1. The molecule has 1 aromatic carbocycles. The Labute approximate surface area is 97.8 Å². The van der Waals surface area contributed by atoms with Crippen molar-refractivity contribution in [2.75, 3.05) is 0 Å². The van der Waals surface area contributed by atoms with Crippen LogP contribution in [-0.2, 0) is 0 Å². The first-order valence-corrected chi connectivity index (χ1v) is 3.12. The molecule has 7 heteroatoms. The zero-order valence-corrected chi connectivity index (χ0v) is 6.23. The fourth-order valence-corrected chi connectivity index (χ4v) is 0.790. The van der Waals surface area contributed by atoms with Gasteiger partial charge >= 0.3 is 29.6 Å². The van der Waals surface area contributed by atoms with E-state index in [1.807, 2.05) is 0 Å². The Hall–Kier alpha value is 0.220. The molecule has 0 aliphatic heterocycles. The van der Waals surface area contributed by atoms with E-state index < -0.39 is 34.0 Å². The quantitative estimate of drug-likeness (QED) is 0.225. The molecule has 0 nitrogen and oxygen atoms in total. The van der Waals surface area contributed by atoms with Gasteiger partial charge in [-0.25, -0.2) is 22.0 Å². The minimum absolute atomic E-state index is 0. The van der Waals surface area contributed by atoms with Crippen LogP contribution in [0.4, 0.5) is 22.0 Å². The second-order valence-corrected chi connectivity index (χ2v) is 2.37. The van der Waals surface area contributed by atoms with Crippen LogP contribution in [-0.4, -0.2) is 29.6 Å². The number of benzene rings is 1. The predicted octanol–water partition coefficient (Wildman–Crippen LogP) is 2.02. The maximum absolute atomic E-state index is 12.3. The second-order valence-electron chi connectivity index (χ2n) is 1.92. The zero-order valence-electron chi connectivity index (χ0n) is 5.34. The first-order valence-electron chi connectivity index (χ1n) is 2.67. The molecule has 0 atom stereocenters. The first kappa shape index (κ1) is 13.2. The molecule has 0 amide bonds. The fraction of sp³-hybridized carbons (Fsp3) is 0. The third-order valence-electron chi connectivity index (χ3n) is 1.19. The third kappa shape index (κ3) is 2.18. The van der Waals surface area contributed by atoms with Gasteiger partial charge in [0.2, 0.25) is 5.82 Å². The first-order chi connectivity index (χ1) is 5.46. The van der Waals surface area contributed by atoms with Crippen molar-refractivity contribution in [2.45, 2.75) is 4.90 Å². The third-order valence-corrected chi connectivity index (χ3v) is 1.58. The van der Waals surface area contributed by atoms with Gasteiger partial charge in [-0.15, -0.1) is 12.6 Å². The van der Waals surface area contributed by atoms with Crippen molar-refractivity contribution in [1.29, 1.82) is 0 Å². The molecule has 0 saturated heterocycles. The summed E-state index contributed by atoms with van der Waals surface area (Å²) in [6.07, 6.45) is 0. The Balaban J connectivity index is 0.00000144. The average molecular weight is 224 g/mol. The molecule has 0 aliphatic rings. The SMILES string of the molecule is Fc1c(F)c(F)c(S)c(F)c1F.[NaH]. The average Bonchev–Trinajstić information content (AvgIpc) is 2.08. The molecular formula is C6H2F5NaS. The van der Waals surface area contributed by atoms with E-state index in [1.165, 1.54) is 0 Å². The minimum atomic E-state index is -2.18. The molecule has 13 heavy (non-hydrogen) atoms. The van der Waals surface area contributed by atoms with Crippen LogP contribution in [0.15, 0.2) is 4.90 Å². The molecule has 68 valence electrons. The Morgan fingerprint density at radius 1 is 0.615 bits per heavy atom. The van der Waals surface area contributed by atoms with Gasteiger partial charge in [-0.3, -0.25) is 0 Å². The molecule has 0 saturated carbocycles. The zero-order chi connectivity index (χ0) is 9.46. The normalized spacial score (nSPS) is 9.69. The van der Waals surface area contributed by atoms with Crippen LogP contribution in [0.1, 0.15) is 0 Å². The Kier molecular flexibility index (Phi) is 4.71. The monoisotopic (exact) mass is 224 g/mol. The molecule has 0 spiro atoms. The summed E-state index contributed by atoms with van der Waals surface area (Å²) < 4.78 is 61.3. The van der Waals surface area contributed by atoms with Crippen LogP contribution < -0.4 is 0 Å². The number of halogens is 5. The van der Waals surface area contributed by atoms with Gasteiger partial charge in [-0.05, 0) is 0 Å². The van der Waals surface area contributed by atoms with Crippen LogP contribution in [0.5, 0.6) is 0 Å². The summed E-state index contributed by atoms with van der Waals surface area (Å²) in [4.78, 5) is -1.17. The summed E-state index contributed by atoms with van der Waals surface area (Å²) in [5.41, 5.74) is 0. The summed E-state index contributed by atoms with van der Waals surface area (Å²) in [6, 6.07) is 0. The predicted molar refractivity (Wildman–Crippen MR) is 40.6 cm³/mol. The van der Waals surface area contributed by atoms with Gasteiger partial charge in [-0.1, -0.05) is 0 Å². The number of hydrogen-bond acceptors (Lipinski definition) is 1. The summed E-state index contributed by atoms with van der Waals surface area (Å²) in [7, 11) is 0. The summed E-state index contributed by atoms with van der Waals surface area (Å²) in [6.45, 7) is 0. The van der Waals surface area contributed by atoms with Crippen molar-refractivity contribution >= 4 is 42.2 Å². The van der Waals surface area contributed by atoms with Gasteiger partial charge in [0.25, 0.3) is 0 Å². The Bertz CT molecular complexity index is 235. The van der Waals surface area contributed by atoms with E-state index in [4.69, 9.17) is 0 Å². The van der Waals surface area contributed by atoms with Gasteiger partial charge in [0.15, 0.2) is 23.3 Å². The van der Waals surface area contributed by atoms with Crippen LogP contribution in [0.2, 0.25) is 0 Å². The molecule has 0 fully saturated rings. The van der Waals surface area contributed by atoms with Gasteiger partial charge in [0, 0.05) is 0 Å². The Morgan fingerprint density at radius 2 is 0.846 bits per heavy atom. The molecule has 1 aromatic rings. The van der Waals surface area contributed by atoms with Crippen LogP contribution in [0, 0.1) is 29.1 Å². The molecule has 0 aromatic heterocycles. The molecular weight excluding hydrogens is 222 g/mol. The van der Waals surface area contributed by atoms with Crippen molar-refractivity contribution in [2.24, 2.45) is 0 Å². The summed E-state index contributed by atoms with van der Waals surface area (Å²) in [5, 5.41) is 0. The second kappa shape index (κ2) is 4.63. The van der Waals surface area contributed by atoms with Crippen molar-refractivity contribution in [3.05, 3.63) is 29.1 Å². The summed E-state index contributed by atoms with van der Waals surface area (Å²) in [5.74, 6) is -10.00. The van der Waals surface area contributed by atoms with Crippen LogP contribution >= 0.6 is 12.6 Å². The molecule has 0 aliphatic carbocycles. The van der Waals surface area contributed by atoms with Crippen molar-refractivity contribution in [3.63, 3.8) is 0 Å². The maximum atomic E-state index is 12.3. The van der Waals surface area contributed by atoms with E-state index in [9.17, 15) is 22.0 Å². The van der Waals surface area contributed by atoms with Crippen LogP contribution in [0.25, 0.3) is 0 Å². The molecule has 0 unspecified atom stereocenters. The van der Waals surface area contributed by atoms with E-state index in [2.05, 4.69) is 12.6 Å². The molecule has 0 N–H and O–H groups in total. The molecule has 0 radical (unpaired) electrons. The molecule has 0 bridgehead atoms. The van der Waals surface area contributed by atoms with Gasteiger partial charge < -0.3 is 0 Å². The van der Waals surface area contributed by atoms with E-state index in [1.54, 1.807) is 0 Å². The van der Waals surface area contributed by atoms with Gasteiger partial charge in [0.1, 0.15) is 0 Å². The standard InChI is InChI=1S/C6HF5S.Na.H/c7-1-2(8)4(10)6(12)5(11)3(1)9;;/h12H;;. The number of rotatable bonds is 0. The van der Waals surface area contributed by atoms with E-state index in [-0.39, 0.29) is 29.6 Å². The van der Waals surface area contributed by atoms with Crippen molar-refractivity contribution in [3.8, 4) is 0 Å². The van der Waals surface area contributed by atoms with Crippen molar-refractivity contribution < 1.29 is 22.0 Å². The molecule has 0 heterocycles. The molecule has 1 rings (SSSR count). The van der Waals surface area contributed by atoms with Crippen molar-refractivity contribution in [1.82, 2.24) is 0 Å². The van der Waals surface area contributed by atoms with E-state index in [0.717, 1.165) is 0 Å². The fourth-order valence-electron chi connectivity index (χ4n) is 0.593. The summed E-state index contributed by atoms with van der Waals surface area (Å²) >= 11 is 3.10.